The fourth-order valence-corrected chi connectivity index (χ4v) is 4.01. The lowest BCUT2D eigenvalue weighted by atomic mass is 10.2. The maximum absolute atomic E-state index is 12.4. The van der Waals surface area contributed by atoms with E-state index in [0.29, 0.717) is 38.6 Å². The number of hydrogen-bond donors (Lipinski definition) is 0. The van der Waals surface area contributed by atoms with Gasteiger partial charge in [-0.05, 0) is 31.2 Å². The Morgan fingerprint density at radius 1 is 1.09 bits per heavy atom. The minimum Gasteiger partial charge on any atom is -0.434 e. The molecule has 0 aliphatic carbocycles. The van der Waals surface area contributed by atoms with Gasteiger partial charge in [0.05, 0.1) is 22.8 Å². The molecule has 0 fully saturated rings. The van der Waals surface area contributed by atoms with Gasteiger partial charge in [0.2, 0.25) is 5.89 Å². The fourth-order valence-electron chi connectivity index (χ4n) is 3.02. The van der Waals surface area contributed by atoms with Crippen molar-refractivity contribution < 1.29 is 4.42 Å². The van der Waals surface area contributed by atoms with Crippen molar-refractivity contribution in [1.82, 2.24) is 34.9 Å². The highest BCUT2D eigenvalue weighted by atomic mass is 35.5. The first kappa shape index (κ1) is 20.2. The van der Waals surface area contributed by atoms with Gasteiger partial charge in [-0.3, -0.25) is 14.8 Å². The second-order valence-corrected chi connectivity index (χ2v) is 8.28. The largest absolute Gasteiger partial charge is 0.434 e. The number of pyridine rings is 2. The summed E-state index contributed by atoms with van der Waals surface area (Å²) in [7, 11) is 0. The molecular weight excluding hydrogens is 450 g/mol. The molecule has 9 nitrogen and oxygen atoms in total. The van der Waals surface area contributed by atoms with Crippen LogP contribution in [-0.2, 0) is 6.54 Å². The molecule has 11 heteroatoms. The number of halogens is 1. The van der Waals surface area contributed by atoms with Crippen LogP contribution >= 0.6 is 22.9 Å². The summed E-state index contributed by atoms with van der Waals surface area (Å²) in [5.74, 6) is 0.833. The van der Waals surface area contributed by atoms with Gasteiger partial charge in [0.1, 0.15) is 15.7 Å². The van der Waals surface area contributed by atoms with Crippen molar-refractivity contribution in [2.45, 2.75) is 13.5 Å². The zero-order valence-corrected chi connectivity index (χ0v) is 18.2. The Hall–Kier alpha value is -3.76. The van der Waals surface area contributed by atoms with Crippen molar-refractivity contribution in [3.05, 3.63) is 81.2 Å². The van der Waals surface area contributed by atoms with E-state index in [1.54, 1.807) is 30.7 Å². The number of aryl methyl sites for hydroxylation is 1. The molecule has 0 spiro atoms. The second-order valence-electron chi connectivity index (χ2n) is 6.78. The Labute approximate surface area is 190 Å². The molecule has 0 bridgehead atoms. The summed E-state index contributed by atoms with van der Waals surface area (Å²) in [6.45, 7) is 1.99. The number of oxazole rings is 1. The number of hydrogen-bond acceptors (Lipinski definition) is 9. The van der Waals surface area contributed by atoms with Crippen LogP contribution in [0.25, 0.3) is 33.5 Å². The summed E-state index contributed by atoms with van der Waals surface area (Å²) in [4.78, 5) is 25.0. The Kier molecular flexibility index (Phi) is 5.29. The first-order chi connectivity index (χ1) is 15.6. The van der Waals surface area contributed by atoms with Crippen molar-refractivity contribution in [2.24, 2.45) is 0 Å². The number of nitrogens with zero attached hydrogens (tertiary/aromatic N) is 7. The zero-order chi connectivity index (χ0) is 22.1. The van der Waals surface area contributed by atoms with Gasteiger partial charge in [-0.1, -0.05) is 22.9 Å². The van der Waals surface area contributed by atoms with E-state index in [9.17, 15) is 4.79 Å². The quantitative estimate of drug-likeness (QED) is 0.386. The van der Waals surface area contributed by atoms with E-state index in [4.69, 9.17) is 16.0 Å². The lowest BCUT2D eigenvalue weighted by molar-refractivity contribution is 0.573. The molecule has 158 valence electrons. The third-order valence-corrected chi connectivity index (χ3v) is 5.67. The molecule has 5 aromatic rings. The highest BCUT2D eigenvalue weighted by molar-refractivity contribution is 7.14. The minimum absolute atomic E-state index is 0.183. The molecule has 0 saturated carbocycles. The Morgan fingerprint density at radius 3 is 2.78 bits per heavy atom. The van der Waals surface area contributed by atoms with Crippen LogP contribution in [0.5, 0.6) is 0 Å². The monoisotopic (exact) mass is 463 g/mol. The summed E-state index contributed by atoms with van der Waals surface area (Å²) >= 11 is 7.40. The van der Waals surface area contributed by atoms with Gasteiger partial charge in [0.25, 0.3) is 5.56 Å². The number of aromatic nitrogens is 7. The molecule has 0 aromatic carbocycles. The van der Waals surface area contributed by atoms with Crippen LogP contribution in [0.4, 0.5) is 0 Å². The Bertz CT molecular complexity index is 1460. The molecule has 5 rings (SSSR count). The van der Waals surface area contributed by atoms with E-state index in [1.165, 1.54) is 28.3 Å². The van der Waals surface area contributed by atoms with Gasteiger partial charge in [-0.15, -0.1) is 10.2 Å². The van der Waals surface area contributed by atoms with Gasteiger partial charge in [-0.25, -0.2) is 9.67 Å². The number of rotatable bonds is 5. The molecule has 0 N–H and O–H groups in total. The van der Waals surface area contributed by atoms with E-state index in [0.717, 1.165) is 10.6 Å². The van der Waals surface area contributed by atoms with Crippen molar-refractivity contribution >= 4 is 22.9 Å². The molecule has 0 radical (unpaired) electrons. The van der Waals surface area contributed by atoms with Gasteiger partial charge < -0.3 is 4.42 Å². The van der Waals surface area contributed by atoms with Gasteiger partial charge in [-0.2, -0.15) is 5.10 Å². The van der Waals surface area contributed by atoms with Crippen LogP contribution in [0, 0.1) is 6.92 Å². The molecule has 0 saturated heterocycles. The first-order valence-corrected chi connectivity index (χ1v) is 10.7. The molecular formula is C21H14ClN7O2S. The average Bonchev–Trinajstić information content (AvgIpc) is 3.43. The third kappa shape index (κ3) is 4.05. The predicted octanol–water partition coefficient (Wildman–Crippen LogP) is 3.88. The van der Waals surface area contributed by atoms with E-state index >= 15 is 0 Å². The van der Waals surface area contributed by atoms with Crippen LogP contribution in [0.1, 0.15) is 10.7 Å². The zero-order valence-electron chi connectivity index (χ0n) is 16.6. The Balaban J connectivity index is 1.45. The van der Waals surface area contributed by atoms with Crippen LogP contribution in [0.2, 0.25) is 5.02 Å². The standard InChI is InChI=1S/C21H14ClN7O2S/c1-12-19(31-20(25-12)14-7-15(22)10-24-9-14)16-4-5-18(30)29(28-16)11-17-26-27-21(32-17)13-3-2-6-23-8-13/h2-10H,11H2,1H3. The van der Waals surface area contributed by atoms with Crippen molar-refractivity contribution in [1.29, 1.82) is 0 Å². The molecule has 0 amide bonds. The second kappa shape index (κ2) is 8.40. The summed E-state index contributed by atoms with van der Waals surface area (Å²) in [6.07, 6.45) is 6.56. The molecule has 0 atom stereocenters. The third-order valence-electron chi connectivity index (χ3n) is 4.51. The van der Waals surface area contributed by atoms with Crippen LogP contribution in [-0.4, -0.2) is 34.9 Å². The smallest absolute Gasteiger partial charge is 0.267 e. The van der Waals surface area contributed by atoms with Crippen LogP contribution in [0.3, 0.4) is 0 Å². The van der Waals surface area contributed by atoms with Gasteiger partial charge in [0.15, 0.2) is 5.76 Å². The van der Waals surface area contributed by atoms with E-state index in [2.05, 4.69) is 30.2 Å². The highest BCUT2D eigenvalue weighted by Crippen LogP contribution is 2.29. The average molecular weight is 464 g/mol. The maximum atomic E-state index is 12.4. The topological polar surface area (TPSA) is 112 Å². The van der Waals surface area contributed by atoms with E-state index < -0.39 is 0 Å². The molecule has 5 aromatic heterocycles. The molecule has 32 heavy (non-hydrogen) atoms. The molecule has 0 aliphatic rings. The van der Waals surface area contributed by atoms with Gasteiger partial charge >= 0.3 is 0 Å². The lowest BCUT2D eigenvalue weighted by Crippen LogP contribution is -2.22. The van der Waals surface area contributed by atoms with Crippen molar-refractivity contribution in [3.8, 4) is 33.5 Å². The summed E-state index contributed by atoms with van der Waals surface area (Å²) in [5, 5.41) is 14.7. The summed E-state index contributed by atoms with van der Waals surface area (Å²) in [6, 6.07) is 8.50. The summed E-state index contributed by atoms with van der Waals surface area (Å²) in [5.41, 5.74) is 2.37. The van der Waals surface area contributed by atoms with Crippen LogP contribution < -0.4 is 5.56 Å². The van der Waals surface area contributed by atoms with Gasteiger partial charge in [0, 0.05) is 36.4 Å². The fraction of sp³-hybridized carbons (Fsp3) is 0.0952. The van der Waals surface area contributed by atoms with E-state index in [1.807, 2.05) is 19.1 Å². The lowest BCUT2D eigenvalue weighted by Gasteiger charge is -2.04. The normalized spacial score (nSPS) is 11.1. The SMILES string of the molecule is Cc1nc(-c2cncc(Cl)c2)oc1-c1ccc(=O)n(Cc2nnc(-c3cccnc3)s2)n1. The Morgan fingerprint density at radius 2 is 1.97 bits per heavy atom. The molecule has 0 aliphatic heterocycles. The predicted molar refractivity (Wildman–Crippen MR) is 119 cm³/mol. The molecule has 0 unspecified atom stereocenters. The minimum atomic E-state index is -0.261. The highest BCUT2D eigenvalue weighted by Gasteiger charge is 2.17. The first-order valence-electron chi connectivity index (χ1n) is 9.46. The molecule has 5 heterocycles. The van der Waals surface area contributed by atoms with E-state index in [-0.39, 0.29) is 12.1 Å². The summed E-state index contributed by atoms with van der Waals surface area (Å²) < 4.78 is 7.25. The van der Waals surface area contributed by atoms with Crippen LogP contribution in [0.15, 0.2) is 64.3 Å². The van der Waals surface area contributed by atoms with Crippen molar-refractivity contribution in [2.75, 3.05) is 0 Å². The van der Waals surface area contributed by atoms with Crippen molar-refractivity contribution in [3.63, 3.8) is 0 Å². The maximum Gasteiger partial charge on any atom is 0.267 e.